The first kappa shape index (κ1) is 21.3. The highest BCUT2D eigenvalue weighted by atomic mass is 79.9. The quantitative estimate of drug-likeness (QED) is 0.590. The first-order chi connectivity index (χ1) is 12.7. The number of hydrogen-bond acceptors (Lipinski definition) is 5. The molecule has 1 aromatic heterocycles. The standard InChI is InChI=1S/C18H23BrN4O3S/c1-4-5-6-16(19)18(24)22-14-7-9-15(10-8-14)27(25,26)23-17-11-12(2)20-13(3)21-17/h7-11,16H,4-6H2,1-3H3,(H,22,24)(H,20,21,23)/t16-/m0/s1. The van der Waals surface area contributed by atoms with E-state index in [9.17, 15) is 13.2 Å². The molecule has 0 unspecified atom stereocenters. The molecule has 2 N–H and O–H groups in total. The molecule has 27 heavy (non-hydrogen) atoms. The van der Waals surface area contributed by atoms with Gasteiger partial charge in [-0.1, -0.05) is 35.7 Å². The Kier molecular flexibility index (Phi) is 7.32. The molecule has 2 rings (SSSR count). The lowest BCUT2D eigenvalue weighted by atomic mass is 10.2. The Bertz CT molecular complexity index is 881. The number of anilines is 2. The van der Waals surface area contributed by atoms with Crippen LogP contribution in [0.5, 0.6) is 0 Å². The molecule has 0 radical (unpaired) electrons. The SMILES string of the molecule is CCCC[C@H](Br)C(=O)Nc1ccc(S(=O)(=O)Nc2cc(C)nc(C)n2)cc1. The molecule has 0 aliphatic heterocycles. The number of carbonyl (C=O) groups excluding carboxylic acids is 1. The van der Waals surface area contributed by atoms with Crippen LogP contribution in [0.4, 0.5) is 11.5 Å². The highest BCUT2D eigenvalue weighted by molar-refractivity contribution is 9.10. The van der Waals surface area contributed by atoms with Crippen molar-refractivity contribution < 1.29 is 13.2 Å². The smallest absolute Gasteiger partial charge is 0.263 e. The van der Waals surface area contributed by atoms with E-state index in [1.807, 2.05) is 0 Å². The minimum absolute atomic E-state index is 0.0794. The fourth-order valence-corrected chi connectivity index (χ4v) is 3.85. The van der Waals surface area contributed by atoms with Gasteiger partial charge in [0.2, 0.25) is 5.91 Å². The Morgan fingerprint density at radius 3 is 2.44 bits per heavy atom. The molecule has 7 nitrogen and oxygen atoms in total. The average molecular weight is 455 g/mol. The van der Waals surface area contributed by atoms with Gasteiger partial charge in [-0.05, 0) is 44.5 Å². The highest BCUT2D eigenvalue weighted by Gasteiger charge is 2.17. The van der Waals surface area contributed by atoms with Gasteiger partial charge in [0.15, 0.2) is 0 Å². The van der Waals surface area contributed by atoms with Crippen LogP contribution < -0.4 is 10.0 Å². The van der Waals surface area contributed by atoms with Crippen LogP contribution >= 0.6 is 15.9 Å². The average Bonchev–Trinajstić information content (AvgIpc) is 2.58. The number of nitrogens with zero attached hydrogens (tertiary/aromatic N) is 2. The Morgan fingerprint density at radius 2 is 1.85 bits per heavy atom. The van der Waals surface area contributed by atoms with Crippen LogP contribution in [0.25, 0.3) is 0 Å². The zero-order chi connectivity index (χ0) is 20.0. The number of unbranched alkanes of at least 4 members (excludes halogenated alkanes) is 1. The van der Waals surface area contributed by atoms with Gasteiger partial charge >= 0.3 is 0 Å². The van der Waals surface area contributed by atoms with E-state index in [1.165, 1.54) is 12.1 Å². The van der Waals surface area contributed by atoms with Gasteiger partial charge in [-0.2, -0.15) is 0 Å². The molecular formula is C18H23BrN4O3S. The summed E-state index contributed by atoms with van der Waals surface area (Å²) in [6.45, 7) is 5.52. The van der Waals surface area contributed by atoms with Crippen molar-refractivity contribution in [1.82, 2.24) is 9.97 Å². The Hall–Kier alpha value is -2.00. The number of rotatable bonds is 8. The third-order valence-electron chi connectivity index (χ3n) is 3.73. The van der Waals surface area contributed by atoms with E-state index in [0.29, 0.717) is 17.2 Å². The molecular weight excluding hydrogens is 432 g/mol. The molecule has 2 aromatic rings. The van der Waals surface area contributed by atoms with Crippen molar-refractivity contribution in [3.63, 3.8) is 0 Å². The van der Waals surface area contributed by atoms with E-state index in [-0.39, 0.29) is 21.4 Å². The summed E-state index contributed by atoms with van der Waals surface area (Å²) in [7, 11) is -3.78. The third-order valence-corrected chi connectivity index (χ3v) is 5.98. The summed E-state index contributed by atoms with van der Waals surface area (Å²) < 4.78 is 27.5. The van der Waals surface area contributed by atoms with E-state index in [0.717, 1.165) is 19.3 Å². The highest BCUT2D eigenvalue weighted by Crippen LogP contribution is 2.19. The molecule has 1 aromatic carbocycles. The second-order valence-electron chi connectivity index (χ2n) is 6.17. The Labute approximate surface area is 168 Å². The van der Waals surface area contributed by atoms with Crippen LogP contribution in [0.3, 0.4) is 0 Å². The number of hydrogen-bond donors (Lipinski definition) is 2. The number of amides is 1. The van der Waals surface area contributed by atoms with Crippen molar-refractivity contribution in [2.75, 3.05) is 10.0 Å². The van der Waals surface area contributed by atoms with Crippen molar-refractivity contribution in [3.05, 3.63) is 41.9 Å². The lowest BCUT2D eigenvalue weighted by Crippen LogP contribution is -2.22. The number of aryl methyl sites for hydroxylation is 2. The Balaban J connectivity index is 2.08. The van der Waals surface area contributed by atoms with Gasteiger partial charge in [0.25, 0.3) is 10.0 Å². The van der Waals surface area contributed by atoms with E-state index >= 15 is 0 Å². The molecule has 1 atom stereocenters. The van der Waals surface area contributed by atoms with Crippen LogP contribution in [-0.2, 0) is 14.8 Å². The topological polar surface area (TPSA) is 101 Å². The zero-order valence-electron chi connectivity index (χ0n) is 15.5. The van der Waals surface area contributed by atoms with Gasteiger partial charge in [-0.3, -0.25) is 9.52 Å². The van der Waals surface area contributed by atoms with Crippen molar-refractivity contribution in [2.24, 2.45) is 0 Å². The molecule has 9 heteroatoms. The fraction of sp³-hybridized carbons (Fsp3) is 0.389. The van der Waals surface area contributed by atoms with Crippen molar-refractivity contribution in [2.45, 2.75) is 49.8 Å². The first-order valence-corrected chi connectivity index (χ1v) is 11.0. The minimum Gasteiger partial charge on any atom is -0.325 e. The van der Waals surface area contributed by atoms with Crippen LogP contribution in [-0.4, -0.2) is 29.1 Å². The normalized spacial score (nSPS) is 12.4. The third kappa shape index (κ3) is 6.28. The molecule has 0 spiro atoms. The van der Waals surface area contributed by atoms with Gasteiger partial charge in [0, 0.05) is 17.4 Å². The van der Waals surface area contributed by atoms with Crippen LogP contribution in [0.2, 0.25) is 0 Å². The molecule has 0 bridgehead atoms. The fourth-order valence-electron chi connectivity index (χ4n) is 2.42. The summed E-state index contributed by atoms with van der Waals surface area (Å²) in [5.74, 6) is 0.553. The number of nitrogens with one attached hydrogen (secondary N) is 2. The number of halogens is 1. The summed E-state index contributed by atoms with van der Waals surface area (Å²) in [4.78, 5) is 20.1. The maximum absolute atomic E-state index is 12.5. The molecule has 0 fully saturated rings. The molecule has 1 amide bonds. The largest absolute Gasteiger partial charge is 0.325 e. The van der Waals surface area contributed by atoms with E-state index < -0.39 is 10.0 Å². The number of alkyl halides is 1. The molecule has 0 saturated carbocycles. The predicted octanol–water partition coefficient (Wildman–Crippen LogP) is 3.79. The van der Waals surface area contributed by atoms with Gasteiger partial charge in [-0.15, -0.1) is 0 Å². The second-order valence-corrected chi connectivity index (χ2v) is 8.96. The minimum atomic E-state index is -3.78. The van der Waals surface area contributed by atoms with Crippen LogP contribution in [0.1, 0.15) is 37.7 Å². The van der Waals surface area contributed by atoms with Crippen molar-refractivity contribution >= 4 is 43.4 Å². The number of carbonyl (C=O) groups is 1. The van der Waals surface area contributed by atoms with Crippen molar-refractivity contribution in [3.8, 4) is 0 Å². The maximum Gasteiger partial charge on any atom is 0.263 e. The number of sulfonamides is 1. The van der Waals surface area contributed by atoms with E-state index in [1.54, 1.807) is 32.0 Å². The molecule has 0 aliphatic carbocycles. The first-order valence-electron chi connectivity index (χ1n) is 8.61. The summed E-state index contributed by atoms with van der Waals surface area (Å²) in [6.07, 6.45) is 2.71. The maximum atomic E-state index is 12.5. The van der Waals surface area contributed by atoms with E-state index in [2.05, 4.69) is 42.9 Å². The summed E-state index contributed by atoms with van der Waals surface area (Å²) in [6, 6.07) is 7.55. The molecule has 146 valence electrons. The lowest BCUT2D eigenvalue weighted by Gasteiger charge is -2.12. The molecule has 0 saturated heterocycles. The molecule has 1 heterocycles. The monoisotopic (exact) mass is 454 g/mol. The van der Waals surface area contributed by atoms with Crippen LogP contribution in [0.15, 0.2) is 35.2 Å². The summed E-state index contributed by atoms with van der Waals surface area (Å²) >= 11 is 3.37. The summed E-state index contributed by atoms with van der Waals surface area (Å²) in [5, 5.41) is 2.77. The number of aromatic nitrogens is 2. The Morgan fingerprint density at radius 1 is 1.19 bits per heavy atom. The van der Waals surface area contributed by atoms with Crippen molar-refractivity contribution in [1.29, 1.82) is 0 Å². The van der Waals surface area contributed by atoms with Crippen LogP contribution in [0, 0.1) is 13.8 Å². The van der Waals surface area contributed by atoms with Gasteiger partial charge in [-0.25, -0.2) is 18.4 Å². The van der Waals surface area contributed by atoms with Gasteiger partial charge in [0.1, 0.15) is 11.6 Å². The molecule has 0 aliphatic rings. The van der Waals surface area contributed by atoms with Gasteiger partial charge in [0.05, 0.1) is 9.72 Å². The lowest BCUT2D eigenvalue weighted by molar-refractivity contribution is -0.115. The zero-order valence-corrected chi connectivity index (χ0v) is 17.9. The van der Waals surface area contributed by atoms with E-state index in [4.69, 9.17) is 0 Å². The van der Waals surface area contributed by atoms with Gasteiger partial charge < -0.3 is 5.32 Å². The summed E-state index contributed by atoms with van der Waals surface area (Å²) in [5.41, 5.74) is 1.21. The number of benzene rings is 1. The second kappa shape index (κ2) is 9.27. The predicted molar refractivity (Wildman–Crippen MR) is 110 cm³/mol.